The lowest BCUT2D eigenvalue weighted by atomic mass is 9.97. The fourth-order valence-electron chi connectivity index (χ4n) is 2.11. The molecule has 0 amide bonds. The van der Waals surface area contributed by atoms with E-state index in [4.69, 9.17) is 0 Å². The molecule has 0 saturated carbocycles. The maximum atomic E-state index is 13.5. The second-order valence-corrected chi connectivity index (χ2v) is 6.31. The molecule has 100 valence electrons. The Labute approximate surface area is 107 Å². The lowest BCUT2D eigenvalue weighted by molar-refractivity contribution is 0.327. The number of rotatable bonds is 3. The Morgan fingerprint density at radius 3 is 2.78 bits per heavy atom. The zero-order valence-electron chi connectivity index (χ0n) is 10.2. The van der Waals surface area contributed by atoms with Gasteiger partial charge in [0.25, 0.3) is 0 Å². The first-order valence-corrected chi connectivity index (χ1v) is 7.46. The highest BCUT2D eigenvalue weighted by Crippen LogP contribution is 2.17. The molecule has 2 rings (SSSR count). The van der Waals surface area contributed by atoms with Gasteiger partial charge in [0.15, 0.2) is 0 Å². The van der Waals surface area contributed by atoms with Gasteiger partial charge in [-0.1, -0.05) is 19.1 Å². The third-order valence-electron chi connectivity index (χ3n) is 3.22. The SMILES string of the molecule is C[C@H]1CNCC[C@@H]1NS(=O)(=O)c1ccccc1F. The van der Waals surface area contributed by atoms with Crippen LogP contribution in [0.1, 0.15) is 13.3 Å². The van der Waals surface area contributed by atoms with Gasteiger partial charge < -0.3 is 5.32 Å². The largest absolute Gasteiger partial charge is 0.316 e. The standard InChI is InChI=1S/C12H17FN2O2S/c1-9-8-14-7-6-11(9)15-18(16,17)12-5-3-2-4-10(12)13/h2-5,9,11,14-15H,6-8H2,1H3/t9-,11-/m0/s1. The molecule has 0 radical (unpaired) electrons. The first-order chi connectivity index (χ1) is 8.50. The molecule has 0 aliphatic carbocycles. The monoisotopic (exact) mass is 272 g/mol. The van der Waals surface area contributed by atoms with Crippen molar-refractivity contribution in [2.75, 3.05) is 13.1 Å². The quantitative estimate of drug-likeness (QED) is 0.866. The first-order valence-electron chi connectivity index (χ1n) is 5.98. The topological polar surface area (TPSA) is 58.2 Å². The van der Waals surface area contributed by atoms with Crippen LogP contribution in [-0.2, 0) is 10.0 Å². The van der Waals surface area contributed by atoms with Crippen LogP contribution in [0, 0.1) is 11.7 Å². The second kappa shape index (κ2) is 5.34. The minimum absolute atomic E-state index is 0.143. The molecule has 0 spiro atoms. The molecular formula is C12H17FN2O2S. The summed E-state index contributed by atoms with van der Waals surface area (Å²) in [4.78, 5) is -0.282. The minimum Gasteiger partial charge on any atom is -0.316 e. The van der Waals surface area contributed by atoms with Crippen LogP contribution in [0.4, 0.5) is 4.39 Å². The Hall–Kier alpha value is -0.980. The van der Waals surface area contributed by atoms with Crippen molar-refractivity contribution in [3.8, 4) is 0 Å². The Morgan fingerprint density at radius 1 is 1.39 bits per heavy atom. The van der Waals surface area contributed by atoms with Gasteiger partial charge in [-0.2, -0.15) is 0 Å². The molecule has 1 heterocycles. The predicted octanol–water partition coefficient (Wildman–Crippen LogP) is 1.10. The van der Waals surface area contributed by atoms with Crippen LogP contribution in [0.2, 0.25) is 0 Å². The van der Waals surface area contributed by atoms with Gasteiger partial charge in [0.1, 0.15) is 10.7 Å². The number of hydrogen-bond acceptors (Lipinski definition) is 3. The summed E-state index contributed by atoms with van der Waals surface area (Å²) < 4.78 is 40.3. The average Bonchev–Trinajstić information content (AvgIpc) is 2.32. The van der Waals surface area contributed by atoms with Gasteiger partial charge in [0.05, 0.1) is 0 Å². The molecule has 2 N–H and O–H groups in total. The van der Waals surface area contributed by atoms with Crippen LogP contribution in [0.15, 0.2) is 29.2 Å². The van der Waals surface area contributed by atoms with E-state index in [9.17, 15) is 12.8 Å². The highest BCUT2D eigenvalue weighted by Gasteiger charge is 2.27. The van der Waals surface area contributed by atoms with E-state index in [1.807, 2.05) is 6.92 Å². The van der Waals surface area contributed by atoms with Gasteiger partial charge in [-0.25, -0.2) is 17.5 Å². The van der Waals surface area contributed by atoms with Gasteiger partial charge in [-0.05, 0) is 37.6 Å². The van der Waals surface area contributed by atoms with Crippen molar-refractivity contribution in [3.63, 3.8) is 0 Å². The summed E-state index contributed by atoms with van der Waals surface area (Å²) in [5.41, 5.74) is 0. The Balaban J connectivity index is 2.19. The summed E-state index contributed by atoms with van der Waals surface area (Å²) in [6.45, 7) is 3.51. The molecule has 1 aliphatic heterocycles. The van der Waals surface area contributed by atoms with Crippen molar-refractivity contribution in [2.45, 2.75) is 24.3 Å². The molecule has 6 heteroatoms. The molecule has 1 saturated heterocycles. The lowest BCUT2D eigenvalue weighted by Gasteiger charge is -2.29. The third kappa shape index (κ3) is 2.88. The van der Waals surface area contributed by atoms with Crippen molar-refractivity contribution in [3.05, 3.63) is 30.1 Å². The zero-order valence-corrected chi connectivity index (χ0v) is 11.0. The summed E-state index contributed by atoms with van der Waals surface area (Å²) in [5.74, 6) is -0.521. The number of benzene rings is 1. The van der Waals surface area contributed by atoms with Crippen LogP contribution in [0.25, 0.3) is 0 Å². The number of piperidine rings is 1. The highest BCUT2D eigenvalue weighted by molar-refractivity contribution is 7.89. The van der Waals surface area contributed by atoms with E-state index in [1.165, 1.54) is 18.2 Å². The summed E-state index contributed by atoms with van der Waals surface area (Å²) >= 11 is 0. The third-order valence-corrected chi connectivity index (χ3v) is 4.74. The molecular weight excluding hydrogens is 255 g/mol. The van der Waals surface area contributed by atoms with Crippen LogP contribution < -0.4 is 10.0 Å². The van der Waals surface area contributed by atoms with E-state index in [0.29, 0.717) is 0 Å². The average molecular weight is 272 g/mol. The molecule has 0 aromatic heterocycles. The maximum Gasteiger partial charge on any atom is 0.243 e. The second-order valence-electron chi connectivity index (χ2n) is 4.63. The Bertz CT molecular complexity index is 519. The molecule has 0 unspecified atom stereocenters. The van der Waals surface area contributed by atoms with Gasteiger partial charge in [0.2, 0.25) is 10.0 Å². The fraction of sp³-hybridized carbons (Fsp3) is 0.500. The Morgan fingerprint density at radius 2 is 2.11 bits per heavy atom. The van der Waals surface area contributed by atoms with Crippen molar-refractivity contribution in [1.82, 2.24) is 10.0 Å². The van der Waals surface area contributed by atoms with Crippen LogP contribution in [0.5, 0.6) is 0 Å². The smallest absolute Gasteiger partial charge is 0.243 e. The summed E-state index contributed by atoms with van der Waals surface area (Å²) in [7, 11) is -3.78. The van der Waals surface area contributed by atoms with Crippen LogP contribution in [0.3, 0.4) is 0 Å². The first kappa shape index (κ1) is 13.5. The normalized spacial score (nSPS) is 25.0. The van der Waals surface area contributed by atoms with E-state index in [2.05, 4.69) is 10.0 Å². The summed E-state index contributed by atoms with van der Waals surface area (Å²) in [5, 5.41) is 3.19. The van der Waals surface area contributed by atoms with Crippen molar-refractivity contribution in [2.24, 2.45) is 5.92 Å². The molecule has 2 atom stereocenters. The number of halogens is 1. The molecule has 1 aromatic carbocycles. The Kier molecular flexibility index (Phi) is 3.99. The van der Waals surface area contributed by atoms with E-state index >= 15 is 0 Å². The van der Waals surface area contributed by atoms with E-state index in [1.54, 1.807) is 0 Å². The molecule has 4 nitrogen and oxygen atoms in total. The van der Waals surface area contributed by atoms with Crippen molar-refractivity contribution in [1.29, 1.82) is 0 Å². The molecule has 1 aliphatic rings. The molecule has 1 aromatic rings. The zero-order chi connectivity index (χ0) is 13.2. The van der Waals surface area contributed by atoms with E-state index in [0.717, 1.165) is 25.6 Å². The van der Waals surface area contributed by atoms with E-state index < -0.39 is 15.8 Å². The number of hydrogen-bond donors (Lipinski definition) is 2. The fourth-order valence-corrected chi connectivity index (χ4v) is 3.57. The van der Waals surface area contributed by atoms with Crippen LogP contribution >= 0.6 is 0 Å². The van der Waals surface area contributed by atoms with Gasteiger partial charge in [0, 0.05) is 6.04 Å². The van der Waals surface area contributed by atoms with Gasteiger partial charge in [-0.3, -0.25) is 0 Å². The lowest BCUT2D eigenvalue weighted by Crippen LogP contribution is -2.48. The summed E-state index contributed by atoms with van der Waals surface area (Å²) in [6, 6.07) is 5.28. The number of nitrogens with one attached hydrogen (secondary N) is 2. The van der Waals surface area contributed by atoms with Gasteiger partial charge >= 0.3 is 0 Å². The van der Waals surface area contributed by atoms with Crippen molar-refractivity contribution >= 4 is 10.0 Å². The summed E-state index contributed by atoms with van der Waals surface area (Å²) in [6.07, 6.45) is 0.717. The van der Waals surface area contributed by atoms with Crippen LogP contribution in [-0.4, -0.2) is 27.5 Å². The molecule has 18 heavy (non-hydrogen) atoms. The minimum atomic E-state index is -3.78. The predicted molar refractivity (Wildman–Crippen MR) is 67.2 cm³/mol. The number of sulfonamides is 1. The van der Waals surface area contributed by atoms with Gasteiger partial charge in [-0.15, -0.1) is 0 Å². The maximum absolute atomic E-state index is 13.5. The van der Waals surface area contributed by atoms with Crippen molar-refractivity contribution < 1.29 is 12.8 Å². The molecule has 1 fully saturated rings. The van der Waals surface area contributed by atoms with E-state index in [-0.39, 0.29) is 16.9 Å². The molecule has 0 bridgehead atoms. The highest BCUT2D eigenvalue weighted by atomic mass is 32.2.